The maximum absolute atomic E-state index is 2.83. The van der Waals surface area contributed by atoms with E-state index in [4.69, 9.17) is 0 Å². The van der Waals surface area contributed by atoms with Gasteiger partial charge in [-0.25, -0.2) is 0 Å². The highest BCUT2D eigenvalue weighted by atomic mass is 15.3. The monoisotopic (exact) mass is 193 g/mol. The number of hydrogen-bond acceptors (Lipinski definition) is 1. The van der Waals surface area contributed by atoms with Crippen molar-refractivity contribution >= 4 is 0 Å². The minimum Gasteiger partial charge on any atom is -0.297 e. The Bertz CT molecular complexity index is 252. The summed E-state index contributed by atoms with van der Waals surface area (Å²) in [5.41, 5.74) is 1.17. The van der Waals surface area contributed by atoms with E-state index < -0.39 is 0 Å². The molecule has 1 saturated carbocycles. The fourth-order valence-corrected chi connectivity index (χ4v) is 4.29. The van der Waals surface area contributed by atoms with Crippen LogP contribution in [0, 0.1) is 17.3 Å². The van der Waals surface area contributed by atoms with Crippen LogP contribution in [-0.4, -0.2) is 23.5 Å². The van der Waals surface area contributed by atoms with E-state index in [1.807, 2.05) is 0 Å². The van der Waals surface area contributed by atoms with Crippen molar-refractivity contribution in [2.24, 2.45) is 17.3 Å². The second-order valence-corrected chi connectivity index (χ2v) is 6.99. The summed E-state index contributed by atoms with van der Waals surface area (Å²) in [5.74, 6) is 2.18. The maximum Gasteiger partial charge on any atom is 0.0246 e. The zero-order valence-corrected chi connectivity index (χ0v) is 9.84. The first-order valence-electron chi connectivity index (χ1n) is 6.26. The highest BCUT2D eigenvalue weighted by Crippen LogP contribution is 2.62. The van der Waals surface area contributed by atoms with E-state index in [2.05, 4.69) is 25.7 Å². The molecule has 3 atom stereocenters. The summed E-state index contributed by atoms with van der Waals surface area (Å²) in [6.07, 6.45) is 5.93. The van der Waals surface area contributed by atoms with Crippen LogP contribution in [0.5, 0.6) is 0 Å². The standard InChI is InChI=1S/C13H23N/c1-12(2,3)9-13-5-4-6-14(13)8-10-7-11(10)13/h10-11H,4-9H2,1-3H3/t10-,11-,13?/m1/s1. The van der Waals surface area contributed by atoms with Crippen molar-refractivity contribution in [1.29, 1.82) is 0 Å². The van der Waals surface area contributed by atoms with Gasteiger partial charge in [0.2, 0.25) is 0 Å². The molecule has 0 radical (unpaired) electrons. The van der Waals surface area contributed by atoms with E-state index in [0.29, 0.717) is 11.0 Å². The molecule has 1 nitrogen and oxygen atoms in total. The van der Waals surface area contributed by atoms with Crippen LogP contribution < -0.4 is 0 Å². The van der Waals surface area contributed by atoms with Gasteiger partial charge in [0.15, 0.2) is 0 Å². The van der Waals surface area contributed by atoms with Gasteiger partial charge >= 0.3 is 0 Å². The second kappa shape index (κ2) is 2.55. The van der Waals surface area contributed by atoms with Gasteiger partial charge in [0, 0.05) is 12.1 Å². The van der Waals surface area contributed by atoms with Gasteiger partial charge in [0.05, 0.1) is 0 Å². The van der Waals surface area contributed by atoms with E-state index in [1.165, 1.54) is 32.4 Å². The van der Waals surface area contributed by atoms with Crippen molar-refractivity contribution in [2.75, 3.05) is 13.1 Å². The third kappa shape index (κ3) is 1.18. The van der Waals surface area contributed by atoms with Crippen LogP contribution in [-0.2, 0) is 0 Å². The molecule has 0 aromatic heterocycles. The third-order valence-corrected chi connectivity index (χ3v) is 4.57. The van der Waals surface area contributed by atoms with Gasteiger partial charge in [-0.2, -0.15) is 0 Å². The van der Waals surface area contributed by atoms with Crippen LogP contribution in [0.1, 0.15) is 46.5 Å². The summed E-state index contributed by atoms with van der Waals surface area (Å²) < 4.78 is 0. The maximum atomic E-state index is 2.83. The lowest BCUT2D eigenvalue weighted by atomic mass is 9.76. The zero-order chi connectivity index (χ0) is 9.97. The lowest BCUT2D eigenvalue weighted by Crippen LogP contribution is -2.44. The Labute approximate surface area is 87.9 Å². The first-order valence-corrected chi connectivity index (χ1v) is 6.26. The summed E-state index contributed by atoms with van der Waals surface area (Å²) >= 11 is 0. The molecule has 1 unspecified atom stereocenters. The van der Waals surface area contributed by atoms with Crippen molar-refractivity contribution in [3.05, 3.63) is 0 Å². The highest BCUT2D eigenvalue weighted by molar-refractivity contribution is 5.17. The molecule has 0 amide bonds. The number of hydrogen-bond donors (Lipinski definition) is 0. The fourth-order valence-electron chi connectivity index (χ4n) is 4.29. The molecule has 0 aromatic rings. The van der Waals surface area contributed by atoms with E-state index in [0.717, 1.165) is 11.8 Å². The van der Waals surface area contributed by atoms with Crippen molar-refractivity contribution < 1.29 is 0 Å². The molecule has 1 aliphatic carbocycles. The topological polar surface area (TPSA) is 3.24 Å². The van der Waals surface area contributed by atoms with Crippen molar-refractivity contribution in [1.82, 2.24) is 4.90 Å². The molecule has 3 fully saturated rings. The quantitative estimate of drug-likeness (QED) is 0.619. The zero-order valence-electron chi connectivity index (χ0n) is 9.84. The predicted octanol–water partition coefficient (Wildman–Crippen LogP) is 2.91. The fraction of sp³-hybridized carbons (Fsp3) is 1.00. The van der Waals surface area contributed by atoms with Crippen LogP contribution in [0.25, 0.3) is 0 Å². The van der Waals surface area contributed by atoms with Gasteiger partial charge < -0.3 is 0 Å². The van der Waals surface area contributed by atoms with E-state index in [1.54, 1.807) is 6.42 Å². The van der Waals surface area contributed by atoms with E-state index in [9.17, 15) is 0 Å². The van der Waals surface area contributed by atoms with Crippen molar-refractivity contribution in [2.45, 2.75) is 52.0 Å². The van der Waals surface area contributed by atoms with Crippen molar-refractivity contribution in [3.8, 4) is 0 Å². The normalized spacial score (nSPS) is 46.5. The number of fused-ring (bicyclic) bond motifs is 3. The summed E-state index contributed by atoms with van der Waals surface area (Å²) in [6, 6.07) is 0. The number of piperidine rings is 1. The molecule has 2 aliphatic heterocycles. The largest absolute Gasteiger partial charge is 0.297 e. The molecule has 14 heavy (non-hydrogen) atoms. The Morgan fingerprint density at radius 2 is 2.14 bits per heavy atom. The SMILES string of the molecule is CC(C)(C)CC12CCCN1C[C@H]1C[C@H]12. The molecule has 1 heteroatoms. The minimum atomic E-state index is 0.514. The van der Waals surface area contributed by atoms with Gasteiger partial charge in [0.25, 0.3) is 0 Å². The molecular formula is C13H23N. The molecule has 0 N–H and O–H groups in total. The lowest BCUT2D eigenvalue weighted by molar-refractivity contribution is 0.101. The Morgan fingerprint density at radius 3 is 2.86 bits per heavy atom. The van der Waals surface area contributed by atoms with E-state index in [-0.39, 0.29) is 0 Å². The van der Waals surface area contributed by atoms with Gasteiger partial charge in [-0.05, 0) is 49.5 Å². The molecule has 2 heterocycles. The second-order valence-electron chi connectivity index (χ2n) is 6.99. The lowest BCUT2D eigenvalue weighted by Gasteiger charge is -2.40. The Balaban J connectivity index is 1.85. The third-order valence-electron chi connectivity index (χ3n) is 4.57. The molecule has 2 saturated heterocycles. The molecule has 0 spiro atoms. The molecular weight excluding hydrogens is 170 g/mol. The molecule has 80 valence electrons. The number of nitrogens with zero attached hydrogens (tertiary/aromatic N) is 1. The summed E-state index contributed by atoms with van der Waals surface area (Å²) in [7, 11) is 0. The summed E-state index contributed by atoms with van der Waals surface area (Å²) in [4.78, 5) is 2.83. The van der Waals surface area contributed by atoms with Crippen LogP contribution in [0.4, 0.5) is 0 Å². The van der Waals surface area contributed by atoms with Gasteiger partial charge in [0.1, 0.15) is 0 Å². The van der Waals surface area contributed by atoms with Gasteiger partial charge in [-0.3, -0.25) is 4.90 Å². The minimum absolute atomic E-state index is 0.514. The van der Waals surface area contributed by atoms with Crippen LogP contribution in [0.15, 0.2) is 0 Å². The highest BCUT2D eigenvalue weighted by Gasteiger charge is 2.63. The first-order chi connectivity index (χ1) is 6.51. The van der Waals surface area contributed by atoms with Gasteiger partial charge in [-0.15, -0.1) is 0 Å². The Morgan fingerprint density at radius 1 is 1.36 bits per heavy atom. The van der Waals surface area contributed by atoms with Crippen LogP contribution >= 0.6 is 0 Å². The average molecular weight is 193 g/mol. The van der Waals surface area contributed by atoms with Crippen LogP contribution in [0.3, 0.4) is 0 Å². The smallest absolute Gasteiger partial charge is 0.0246 e. The van der Waals surface area contributed by atoms with E-state index >= 15 is 0 Å². The molecule has 3 aliphatic rings. The first kappa shape index (κ1) is 9.21. The number of rotatable bonds is 1. The van der Waals surface area contributed by atoms with Crippen LogP contribution in [0.2, 0.25) is 0 Å². The Kier molecular flexibility index (Phi) is 1.68. The average Bonchev–Trinajstić information content (AvgIpc) is 2.58. The summed E-state index contributed by atoms with van der Waals surface area (Å²) in [5, 5.41) is 0. The predicted molar refractivity (Wildman–Crippen MR) is 59.2 cm³/mol. The molecule has 3 rings (SSSR count). The van der Waals surface area contributed by atoms with Gasteiger partial charge in [-0.1, -0.05) is 20.8 Å². The molecule has 0 bridgehead atoms. The summed E-state index contributed by atoms with van der Waals surface area (Å²) in [6.45, 7) is 10.1. The molecule has 0 aromatic carbocycles. The van der Waals surface area contributed by atoms with Crippen molar-refractivity contribution in [3.63, 3.8) is 0 Å². The Hall–Kier alpha value is -0.0400.